The molecule has 1 heterocycles. The third kappa shape index (κ3) is 3.58. The maximum atomic E-state index is 12.5. The molecule has 0 unspecified atom stereocenters. The Bertz CT molecular complexity index is 1020. The fourth-order valence-electron chi connectivity index (χ4n) is 2.59. The highest BCUT2D eigenvalue weighted by molar-refractivity contribution is 7.92. The first-order chi connectivity index (χ1) is 11.8. The molecule has 25 heavy (non-hydrogen) atoms. The van der Waals surface area contributed by atoms with Gasteiger partial charge in [0.15, 0.2) is 5.89 Å². The summed E-state index contributed by atoms with van der Waals surface area (Å²) in [6.45, 7) is 7.49. The molecule has 0 saturated heterocycles. The zero-order chi connectivity index (χ0) is 18.2. The predicted octanol–water partition coefficient (Wildman–Crippen LogP) is 4.38. The highest BCUT2D eigenvalue weighted by Crippen LogP contribution is 2.25. The number of aryl methyl sites for hydroxylation is 4. The summed E-state index contributed by atoms with van der Waals surface area (Å²) < 4.78 is 33.1. The van der Waals surface area contributed by atoms with Crippen molar-refractivity contribution in [1.82, 2.24) is 4.98 Å². The van der Waals surface area contributed by atoms with Crippen LogP contribution in [0, 0.1) is 27.7 Å². The summed E-state index contributed by atoms with van der Waals surface area (Å²) >= 11 is 0. The first-order valence-corrected chi connectivity index (χ1v) is 9.39. The summed E-state index contributed by atoms with van der Waals surface area (Å²) in [5.41, 5.74) is 4.14. The van der Waals surface area contributed by atoms with Crippen LogP contribution in [0.3, 0.4) is 0 Å². The molecule has 0 aliphatic rings. The largest absolute Gasteiger partial charge is 0.446 e. The van der Waals surface area contributed by atoms with Crippen LogP contribution in [-0.4, -0.2) is 13.4 Å². The Kier molecular flexibility index (Phi) is 4.39. The van der Waals surface area contributed by atoms with E-state index < -0.39 is 10.0 Å². The number of benzene rings is 2. The molecule has 0 amide bonds. The molecule has 0 aliphatic heterocycles. The summed E-state index contributed by atoms with van der Waals surface area (Å²) in [6.07, 6.45) is 0. The molecule has 1 N–H and O–H groups in total. The third-order valence-electron chi connectivity index (χ3n) is 4.10. The van der Waals surface area contributed by atoms with Crippen molar-refractivity contribution in [3.8, 4) is 11.3 Å². The minimum atomic E-state index is -3.62. The molecule has 6 heteroatoms. The minimum Gasteiger partial charge on any atom is -0.446 e. The Balaban J connectivity index is 1.85. The number of hydrogen-bond donors (Lipinski definition) is 1. The molecule has 3 rings (SSSR count). The molecule has 0 atom stereocenters. The maximum absolute atomic E-state index is 12.5. The lowest BCUT2D eigenvalue weighted by Gasteiger charge is -2.10. The minimum absolute atomic E-state index is 0.252. The lowest BCUT2D eigenvalue weighted by Crippen LogP contribution is -2.13. The Morgan fingerprint density at radius 1 is 0.920 bits per heavy atom. The second-order valence-electron chi connectivity index (χ2n) is 6.07. The highest BCUT2D eigenvalue weighted by Gasteiger charge is 2.15. The molecule has 5 nitrogen and oxygen atoms in total. The number of aromatic nitrogens is 1. The van der Waals surface area contributed by atoms with Gasteiger partial charge < -0.3 is 4.42 Å². The molecule has 130 valence electrons. The summed E-state index contributed by atoms with van der Waals surface area (Å²) in [6, 6.07) is 12.2. The summed E-state index contributed by atoms with van der Waals surface area (Å²) in [5, 5.41) is 0. The molecule has 0 fully saturated rings. The molecular formula is C19H20N2O3S. The monoisotopic (exact) mass is 356 g/mol. The van der Waals surface area contributed by atoms with Gasteiger partial charge in [-0.2, -0.15) is 0 Å². The van der Waals surface area contributed by atoms with Crippen LogP contribution in [0.25, 0.3) is 11.3 Å². The van der Waals surface area contributed by atoms with Gasteiger partial charge in [-0.05, 0) is 56.2 Å². The number of nitrogens with zero attached hydrogens (tertiary/aromatic N) is 1. The van der Waals surface area contributed by atoms with Gasteiger partial charge >= 0.3 is 0 Å². The smallest absolute Gasteiger partial charge is 0.261 e. The Labute approximate surface area is 147 Å². The molecule has 0 aliphatic carbocycles. The average molecular weight is 356 g/mol. The predicted molar refractivity (Wildman–Crippen MR) is 98.1 cm³/mol. The first-order valence-electron chi connectivity index (χ1n) is 7.91. The SMILES string of the molecule is Cc1nc(-c2ccc(NS(=O)(=O)c3ccc(C)c(C)c3)cc2)c(C)o1. The second-order valence-corrected chi connectivity index (χ2v) is 7.75. The van der Waals surface area contributed by atoms with Crippen LogP contribution in [0.2, 0.25) is 0 Å². The van der Waals surface area contributed by atoms with Crippen molar-refractivity contribution in [2.24, 2.45) is 0 Å². The van der Waals surface area contributed by atoms with Gasteiger partial charge in [-0.25, -0.2) is 13.4 Å². The van der Waals surface area contributed by atoms with Gasteiger partial charge in [-0.1, -0.05) is 18.2 Å². The van der Waals surface area contributed by atoms with Gasteiger partial charge in [-0.3, -0.25) is 4.72 Å². The third-order valence-corrected chi connectivity index (χ3v) is 5.48. The zero-order valence-corrected chi connectivity index (χ0v) is 15.4. The van der Waals surface area contributed by atoms with Crippen molar-refractivity contribution in [3.63, 3.8) is 0 Å². The van der Waals surface area contributed by atoms with E-state index in [1.807, 2.05) is 39.0 Å². The van der Waals surface area contributed by atoms with Gasteiger partial charge in [0.2, 0.25) is 0 Å². The van der Waals surface area contributed by atoms with Crippen molar-refractivity contribution >= 4 is 15.7 Å². The molecular weight excluding hydrogens is 336 g/mol. The number of oxazole rings is 1. The van der Waals surface area contributed by atoms with Crippen LogP contribution in [0.1, 0.15) is 22.8 Å². The quantitative estimate of drug-likeness (QED) is 0.753. The second kappa shape index (κ2) is 6.37. The van der Waals surface area contributed by atoms with Crippen LogP contribution in [0.5, 0.6) is 0 Å². The van der Waals surface area contributed by atoms with Gasteiger partial charge in [0.25, 0.3) is 10.0 Å². The summed E-state index contributed by atoms with van der Waals surface area (Å²) in [4.78, 5) is 4.60. The van der Waals surface area contributed by atoms with Crippen LogP contribution in [0.4, 0.5) is 5.69 Å². The fourth-order valence-corrected chi connectivity index (χ4v) is 3.73. The van der Waals surface area contributed by atoms with Crippen molar-refractivity contribution in [1.29, 1.82) is 0 Å². The molecule has 2 aromatic carbocycles. The van der Waals surface area contributed by atoms with Crippen molar-refractivity contribution in [2.75, 3.05) is 4.72 Å². The normalized spacial score (nSPS) is 11.5. The van der Waals surface area contributed by atoms with E-state index in [-0.39, 0.29) is 4.90 Å². The van der Waals surface area contributed by atoms with E-state index in [4.69, 9.17) is 4.42 Å². The van der Waals surface area contributed by atoms with Crippen LogP contribution in [-0.2, 0) is 10.0 Å². The number of sulfonamides is 1. The fraction of sp³-hybridized carbons (Fsp3) is 0.211. The van der Waals surface area contributed by atoms with E-state index in [1.54, 1.807) is 31.2 Å². The standard InChI is InChI=1S/C19H20N2O3S/c1-12-5-10-18(11-13(12)2)25(22,23)21-17-8-6-16(7-9-17)19-14(3)24-15(4)20-19/h5-11,21H,1-4H3. The number of nitrogens with one attached hydrogen (secondary N) is 1. The lowest BCUT2D eigenvalue weighted by atomic mass is 10.1. The molecule has 0 radical (unpaired) electrons. The van der Waals surface area contributed by atoms with Crippen molar-refractivity contribution in [2.45, 2.75) is 32.6 Å². The number of anilines is 1. The molecule has 0 saturated carbocycles. The highest BCUT2D eigenvalue weighted by atomic mass is 32.2. The van der Waals surface area contributed by atoms with E-state index in [1.165, 1.54) is 0 Å². The van der Waals surface area contributed by atoms with Crippen molar-refractivity contribution < 1.29 is 12.8 Å². The number of rotatable bonds is 4. The van der Waals surface area contributed by atoms with Gasteiger partial charge in [-0.15, -0.1) is 0 Å². The molecule has 1 aromatic heterocycles. The molecule has 3 aromatic rings. The van der Waals surface area contributed by atoms with E-state index in [9.17, 15) is 8.42 Å². The Hall–Kier alpha value is -2.60. The van der Waals surface area contributed by atoms with E-state index in [2.05, 4.69) is 9.71 Å². The van der Waals surface area contributed by atoms with Crippen molar-refractivity contribution in [3.05, 3.63) is 65.2 Å². The van der Waals surface area contributed by atoms with E-state index in [0.29, 0.717) is 11.6 Å². The van der Waals surface area contributed by atoms with E-state index in [0.717, 1.165) is 28.1 Å². The van der Waals surface area contributed by atoms with Crippen LogP contribution >= 0.6 is 0 Å². The Morgan fingerprint density at radius 2 is 1.60 bits per heavy atom. The van der Waals surface area contributed by atoms with Gasteiger partial charge in [0.1, 0.15) is 11.5 Å². The summed E-state index contributed by atoms with van der Waals surface area (Å²) in [7, 11) is -3.62. The van der Waals surface area contributed by atoms with Gasteiger partial charge in [0.05, 0.1) is 4.90 Å². The van der Waals surface area contributed by atoms with Gasteiger partial charge in [0, 0.05) is 18.2 Å². The zero-order valence-electron chi connectivity index (χ0n) is 14.6. The Morgan fingerprint density at radius 3 is 2.16 bits per heavy atom. The first kappa shape index (κ1) is 17.2. The maximum Gasteiger partial charge on any atom is 0.261 e. The topological polar surface area (TPSA) is 72.2 Å². The molecule has 0 bridgehead atoms. The number of hydrogen-bond acceptors (Lipinski definition) is 4. The van der Waals surface area contributed by atoms with Crippen LogP contribution in [0.15, 0.2) is 51.8 Å². The van der Waals surface area contributed by atoms with Crippen LogP contribution < -0.4 is 4.72 Å². The van der Waals surface area contributed by atoms with E-state index >= 15 is 0 Å². The summed E-state index contributed by atoms with van der Waals surface area (Å²) in [5.74, 6) is 1.34. The average Bonchev–Trinajstić information content (AvgIpc) is 2.89. The molecule has 0 spiro atoms. The lowest BCUT2D eigenvalue weighted by molar-refractivity contribution is 0.495.